The van der Waals surface area contributed by atoms with Crippen molar-refractivity contribution in [1.29, 1.82) is 0 Å². The molecule has 11 aliphatic rings. The summed E-state index contributed by atoms with van der Waals surface area (Å²) in [5.41, 5.74) is -1.90. The molecule has 3 aliphatic heterocycles. The predicted molar refractivity (Wildman–Crippen MR) is 338 cm³/mol. The molecule has 0 atom stereocenters. The molecule has 4 aromatic heterocycles. The number of aromatic nitrogens is 12. The van der Waals surface area contributed by atoms with Crippen LogP contribution in [0.25, 0.3) is 0 Å². The molecule has 0 amide bonds. The number of hydrogen-bond acceptors (Lipinski definition) is 22. The number of piperazine rings is 3. The third-order valence-corrected chi connectivity index (χ3v) is 23.3. The summed E-state index contributed by atoms with van der Waals surface area (Å²) in [4.78, 5) is 56.5. The van der Waals surface area contributed by atoms with Gasteiger partial charge in [-0.05, 0) is 113 Å². The van der Waals surface area contributed by atoms with E-state index in [9.17, 15) is 140 Å². The van der Waals surface area contributed by atoms with Gasteiger partial charge in [-0.2, -0.15) is 213 Å². The summed E-state index contributed by atoms with van der Waals surface area (Å²) < 4.78 is 522. The molecule has 7 heterocycles. The van der Waals surface area contributed by atoms with Crippen molar-refractivity contribution in [2.75, 3.05) is 134 Å². The van der Waals surface area contributed by atoms with Crippen molar-refractivity contribution in [3.8, 4) is 24.0 Å². The first-order valence-corrected chi connectivity index (χ1v) is 36.7. The Morgan fingerprint density at radius 3 is 0.557 bits per heavy atom. The van der Waals surface area contributed by atoms with Gasteiger partial charge in [0.25, 0.3) is 0 Å². The highest BCUT2D eigenvalue weighted by atomic mass is 19.5. The normalized spacial score (nSPS) is 25.3. The van der Waals surface area contributed by atoms with Crippen molar-refractivity contribution in [3.63, 3.8) is 0 Å². The van der Waals surface area contributed by atoms with Crippen LogP contribution in [-0.2, 0) is 10.8 Å². The van der Waals surface area contributed by atoms with Crippen molar-refractivity contribution < 1.29 is 177 Å². The number of nitrogens with zero attached hydrogens (tertiary/aromatic N) is 18. The lowest BCUT2D eigenvalue weighted by Gasteiger charge is -2.56. The highest BCUT2D eigenvalue weighted by Gasteiger charge is 2.86. The van der Waals surface area contributed by atoms with E-state index >= 15 is 17.6 Å². The second-order valence-corrected chi connectivity index (χ2v) is 31.8. The van der Waals surface area contributed by atoms with Crippen LogP contribution in [0.3, 0.4) is 0 Å². The van der Waals surface area contributed by atoms with Gasteiger partial charge in [0.1, 0.15) is 11.6 Å². The summed E-state index contributed by atoms with van der Waals surface area (Å²) in [5, 5.41) is 0. The minimum Gasteiger partial charge on any atom is -0.457 e. The smallest absolute Gasteiger partial charge is 0.457 e. The van der Waals surface area contributed by atoms with E-state index in [0.29, 0.717) is 38.5 Å². The Labute approximate surface area is 660 Å². The first-order valence-electron chi connectivity index (χ1n) is 36.7. The minimum atomic E-state index is -7.58. The summed E-state index contributed by atoms with van der Waals surface area (Å²) in [6.07, 6.45) is -22.3. The van der Waals surface area contributed by atoms with Crippen molar-refractivity contribution in [3.05, 3.63) is 11.6 Å². The molecule has 0 aromatic carbocycles. The van der Waals surface area contributed by atoms with Crippen LogP contribution in [0.5, 0.6) is 24.0 Å². The Balaban J connectivity index is 0.806. The molecule has 3 saturated heterocycles. The van der Waals surface area contributed by atoms with Crippen LogP contribution in [-0.4, -0.2) is 261 Å². The van der Waals surface area contributed by atoms with Gasteiger partial charge in [-0.3, -0.25) is 0 Å². The maximum absolute atomic E-state index is 15.1. The molecule has 122 heavy (non-hydrogen) atoms. The lowest BCUT2D eigenvalue weighted by molar-refractivity contribution is -0.398. The van der Waals surface area contributed by atoms with Gasteiger partial charge in [0, 0.05) is 89.4 Å². The molecule has 4 aromatic rings. The molecule has 8 saturated carbocycles. The van der Waals surface area contributed by atoms with Crippen molar-refractivity contribution >= 4 is 35.7 Å². The average Bonchev–Trinajstić information content (AvgIpc) is 0.741. The molecule has 22 nitrogen and oxygen atoms in total. The van der Waals surface area contributed by atoms with Crippen LogP contribution < -0.4 is 48.3 Å². The monoisotopic (exact) mass is 1830 g/mol. The van der Waals surface area contributed by atoms with Crippen molar-refractivity contribution in [2.45, 2.75) is 184 Å². The largest absolute Gasteiger partial charge is 0.460 e. The fourth-order valence-electron chi connectivity index (χ4n) is 17.6. The number of halogens is 36. The zero-order valence-electron chi connectivity index (χ0n) is 61.6. The molecular formula is C64H62F36N18O4. The third-order valence-electron chi connectivity index (χ3n) is 23.3. The SMILES string of the molecule is FC(F)(F)C(F)(F)C(F)(F)C(F)(F)COc1nc(OCC(F)(F)C(F)(F)C(F)(F)C(F)(F)F)nc(N2CCN(c3nc(N4CCN(c5nc(OCC(F)(F)C(F)(F)C(F)(F)C(F)(F)F)nc(C67CC8CC(CC(C8)C6)C7)n5)CC4)nc(N4CCN(c5nc(OCC(F)(F)C(F)(F)C(F)(F)C(F)(F)F)nc(C67CC8CC(CC(C8)C6)C7)n5)CC4)n3)CC2)n1. The maximum Gasteiger partial charge on any atom is 0.460 e. The Bertz CT molecular complexity index is 4130. The second kappa shape index (κ2) is 30.1. The maximum atomic E-state index is 15.1. The van der Waals surface area contributed by atoms with E-state index < -0.39 is 201 Å². The van der Waals surface area contributed by atoms with Crippen LogP contribution in [0.15, 0.2) is 0 Å². The summed E-state index contributed by atoms with van der Waals surface area (Å²) in [6.45, 7) is -17.2. The fourth-order valence-corrected chi connectivity index (χ4v) is 17.6. The van der Waals surface area contributed by atoms with Gasteiger partial charge < -0.3 is 48.3 Å². The lowest BCUT2D eigenvalue weighted by atomic mass is 9.49. The lowest BCUT2D eigenvalue weighted by Crippen LogP contribution is -2.62. The minimum absolute atomic E-state index is 0.0744. The molecule has 58 heteroatoms. The fraction of sp³-hybridized carbons (Fsp3) is 0.812. The van der Waals surface area contributed by atoms with Gasteiger partial charge in [0.05, 0.1) is 0 Å². The van der Waals surface area contributed by atoms with Crippen LogP contribution in [0.2, 0.25) is 0 Å². The van der Waals surface area contributed by atoms with E-state index in [2.05, 4.69) is 69.3 Å². The van der Waals surface area contributed by atoms with Crippen molar-refractivity contribution in [1.82, 2.24) is 59.8 Å². The number of hydrogen-bond donors (Lipinski definition) is 0. The van der Waals surface area contributed by atoms with Gasteiger partial charge in [-0.15, -0.1) is 4.98 Å². The molecule has 0 N–H and O–H groups in total. The molecule has 8 aliphatic carbocycles. The molecule has 15 rings (SSSR count). The van der Waals surface area contributed by atoms with Crippen LogP contribution in [0.4, 0.5) is 194 Å². The topological polar surface area (TPSA) is 211 Å². The van der Waals surface area contributed by atoms with E-state index in [1.165, 1.54) is 24.5 Å². The first-order chi connectivity index (χ1) is 55.8. The number of alkyl halides is 36. The molecule has 0 spiro atoms. The zero-order chi connectivity index (χ0) is 90.0. The van der Waals surface area contributed by atoms with E-state index in [1.54, 1.807) is 0 Å². The highest BCUT2D eigenvalue weighted by Crippen LogP contribution is 2.64. The predicted octanol–water partition coefficient (Wildman–Crippen LogP) is 14.7. The number of rotatable bonds is 28. The summed E-state index contributed by atoms with van der Waals surface area (Å²) in [5.74, 6) is -87.7. The quantitative estimate of drug-likeness (QED) is 0.0484. The van der Waals surface area contributed by atoms with Gasteiger partial charge in [0.15, 0.2) is 26.4 Å². The Morgan fingerprint density at radius 2 is 0.377 bits per heavy atom. The number of anilines is 6. The Kier molecular flexibility index (Phi) is 22.5. The molecule has 0 radical (unpaired) electrons. The van der Waals surface area contributed by atoms with E-state index in [1.807, 2.05) is 0 Å². The van der Waals surface area contributed by atoms with Gasteiger partial charge in [0.2, 0.25) is 35.7 Å². The Hall–Kier alpha value is -8.48. The molecule has 0 unspecified atom stereocenters. The molecular weight excluding hydrogens is 1770 g/mol. The van der Waals surface area contributed by atoms with Gasteiger partial charge >= 0.3 is 120 Å². The zero-order valence-corrected chi connectivity index (χ0v) is 61.6. The molecule has 684 valence electrons. The second-order valence-electron chi connectivity index (χ2n) is 31.8. The highest BCUT2D eigenvalue weighted by molar-refractivity contribution is 5.51. The average molecular weight is 1830 g/mol. The molecule has 11 fully saturated rings. The van der Waals surface area contributed by atoms with E-state index in [0.717, 1.165) is 43.4 Å². The summed E-state index contributed by atoms with van der Waals surface area (Å²) in [6, 6.07) is -6.50. The van der Waals surface area contributed by atoms with Gasteiger partial charge in [-0.25, -0.2) is 0 Å². The summed E-state index contributed by atoms with van der Waals surface area (Å²) >= 11 is 0. The van der Waals surface area contributed by atoms with Crippen molar-refractivity contribution in [2.24, 2.45) is 35.5 Å². The third kappa shape index (κ3) is 16.0. The first kappa shape index (κ1) is 91.2. The molecule has 8 bridgehead atoms. The summed E-state index contributed by atoms with van der Waals surface area (Å²) in [7, 11) is 0. The standard InChI is InChI=1S/C64H62F36N18O4/c65-49(66,53(73,74)57(81,82)61(89,90)91)25-119-43-103-35(47-19-29-13-30(20-47)15-31(14-29)21-47)101-37(108-43)113-1-5-115(6-2-113)39-105-40(116-7-3-114(4-8-116)38-102-36(48-22-32-16-33(23-48)18-34(17-32)24-48)104-44(109-38)120-26-50(67,68)54(75,76)58(83,84)62(92,93)94)107-41(106-39)117-9-11-118(12-10-117)42-110-45(121-27-51(69,70)55(77,78)59(85,86)63(95,96)97)112-46(111-42)122-28-52(71,72)56(79,80)60(87,88)64(98,99)100/h29-34H,1-28H2. The van der Waals surface area contributed by atoms with Crippen LogP contribution in [0.1, 0.15) is 88.7 Å². The van der Waals surface area contributed by atoms with E-state index in [-0.39, 0.29) is 117 Å². The Morgan fingerprint density at radius 1 is 0.213 bits per heavy atom. The van der Waals surface area contributed by atoms with Crippen LogP contribution >= 0.6 is 0 Å². The van der Waals surface area contributed by atoms with Crippen LogP contribution in [0, 0.1) is 35.5 Å². The number of ether oxygens (including phenoxy) is 4. The van der Waals surface area contributed by atoms with E-state index in [4.69, 9.17) is 9.47 Å². The van der Waals surface area contributed by atoms with Gasteiger partial charge in [-0.1, -0.05) is 0 Å².